The number of carbonyl (C=O) groups excluding carboxylic acids is 1. The molecule has 1 amide bonds. The van der Waals surface area contributed by atoms with Gasteiger partial charge in [0.25, 0.3) is 0 Å². The number of amides is 1. The maximum absolute atomic E-state index is 13.5. The highest BCUT2D eigenvalue weighted by atomic mass is 16.5. The van der Waals surface area contributed by atoms with E-state index in [-0.39, 0.29) is 11.8 Å². The monoisotopic (exact) mass is 425 g/mol. The summed E-state index contributed by atoms with van der Waals surface area (Å²) in [6.45, 7) is 3.47. The van der Waals surface area contributed by atoms with Crippen LogP contribution in [0.4, 0.5) is 0 Å². The van der Waals surface area contributed by atoms with Crippen molar-refractivity contribution in [1.29, 1.82) is 0 Å². The van der Waals surface area contributed by atoms with E-state index in [0.717, 1.165) is 41.2 Å². The summed E-state index contributed by atoms with van der Waals surface area (Å²) in [5.74, 6) is 0.780. The minimum atomic E-state index is -0.160. The fourth-order valence-corrected chi connectivity index (χ4v) is 4.77. The minimum Gasteiger partial charge on any atom is -0.496 e. The molecule has 0 fully saturated rings. The lowest BCUT2D eigenvalue weighted by Gasteiger charge is -2.30. The Hall–Kier alpha value is -3.60. The molecule has 1 atom stereocenters. The molecule has 3 heterocycles. The minimum absolute atomic E-state index is 0.151. The molecule has 0 radical (unpaired) electrons. The van der Waals surface area contributed by atoms with Crippen LogP contribution in [-0.2, 0) is 17.8 Å². The molecule has 1 aliphatic rings. The molecule has 0 bridgehead atoms. The quantitative estimate of drug-likeness (QED) is 0.463. The van der Waals surface area contributed by atoms with Crippen molar-refractivity contribution in [3.63, 3.8) is 0 Å². The van der Waals surface area contributed by atoms with E-state index in [1.165, 1.54) is 11.1 Å². The number of imidazole rings is 1. The number of carbonyl (C=O) groups is 1. The summed E-state index contributed by atoms with van der Waals surface area (Å²) in [6, 6.07) is 20.5. The van der Waals surface area contributed by atoms with E-state index in [0.29, 0.717) is 13.0 Å². The number of hydrogen-bond acceptors (Lipinski definition) is 3. The number of ether oxygens (including phenoxy) is 1. The maximum atomic E-state index is 13.5. The molecule has 0 unspecified atom stereocenters. The van der Waals surface area contributed by atoms with Gasteiger partial charge in [-0.3, -0.25) is 4.79 Å². The molecule has 162 valence electrons. The number of benzene rings is 2. The summed E-state index contributed by atoms with van der Waals surface area (Å²) in [5.41, 5.74) is 6.61. The number of rotatable bonds is 5. The normalized spacial score (nSPS) is 14.2. The van der Waals surface area contributed by atoms with Gasteiger partial charge in [-0.05, 0) is 42.2 Å². The number of hydrogen-bond donors (Lipinski definition) is 0. The van der Waals surface area contributed by atoms with E-state index in [9.17, 15) is 4.79 Å². The zero-order valence-electron chi connectivity index (χ0n) is 18.5. The molecule has 0 saturated heterocycles. The van der Waals surface area contributed by atoms with Gasteiger partial charge >= 0.3 is 0 Å². The second-order valence-electron chi connectivity index (χ2n) is 8.40. The van der Waals surface area contributed by atoms with Gasteiger partial charge in [-0.2, -0.15) is 0 Å². The highest BCUT2D eigenvalue weighted by Gasteiger charge is 2.28. The van der Waals surface area contributed by atoms with Gasteiger partial charge in [0.15, 0.2) is 0 Å². The van der Waals surface area contributed by atoms with Gasteiger partial charge < -0.3 is 14.0 Å². The van der Waals surface area contributed by atoms with Crippen LogP contribution < -0.4 is 4.74 Å². The summed E-state index contributed by atoms with van der Waals surface area (Å²) in [5, 5.41) is 0. The van der Waals surface area contributed by atoms with E-state index < -0.39 is 0 Å². The highest BCUT2D eigenvalue weighted by Crippen LogP contribution is 2.36. The number of para-hydroxylation sites is 1. The van der Waals surface area contributed by atoms with Gasteiger partial charge in [-0.1, -0.05) is 48.5 Å². The molecule has 0 N–H and O–H groups in total. The molecular formula is C27H27N3O2. The van der Waals surface area contributed by atoms with Crippen LogP contribution in [0.1, 0.15) is 40.3 Å². The lowest BCUT2D eigenvalue weighted by Crippen LogP contribution is -2.36. The number of pyridine rings is 1. The molecule has 5 rings (SSSR count). The van der Waals surface area contributed by atoms with Gasteiger partial charge in [-0.25, -0.2) is 4.98 Å². The summed E-state index contributed by atoms with van der Waals surface area (Å²) in [7, 11) is 1.68. The number of aryl methyl sites for hydroxylation is 1. The zero-order chi connectivity index (χ0) is 22.1. The first kappa shape index (κ1) is 20.3. The van der Waals surface area contributed by atoms with Crippen molar-refractivity contribution < 1.29 is 9.53 Å². The van der Waals surface area contributed by atoms with Gasteiger partial charge in [0.05, 0.1) is 12.8 Å². The van der Waals surface area contributed by atoms with Gasteiger partial charge in [0, 0.05) is 43.4 Å². The predicted molar refractivity (Wildman–Crippen MR) is 125 cm³/mol. The molecule has 4 aromatic rings. The molecule has 5 heteroatoms. The third-order valence-electron chi connectivity index (χ3n) is 6.49. The third kappa shape index (κ3) is 3.64. The Morgan fingerprint density at radius 1 is 1.06 bits per heavy atom. The van der Waals surface area contributed by atoms with Crippen LogP contribution in [0, 0.1) is 6.92 Å². The van der Waals surface area contributed by atoms with E-state index in [1.807, 2.05) is 47.6 Å². The third-order valence-corrected chi connectivity index (χ3v) is 6.49. The zero-order valence-corrected chi connectivity index (χ0v) is 18.5. The van der Waals surface area contributed by atoms with Gasteiger partial charge in [-0.15, -0.1) is 0 Å². The fraction of sp³-hybridized carbons (Fsp3) is 0.259. The first-order chi connectivity index (χ1) is 15.7. The van der Waals surface area contributed by atoms with Gasteiger partial charge in [0.2, 0.25) is 5.91 Å². The predicted octanol–water partition coefficient (Wildman–Crippen LogP) is 4.76. The molecule has 32 heavy (non-hydrogen) atoms. The first-order valence-corrected chi connectivity index (χ1v) is 11.1. The van der Waals surface area contributed by atoms with Crippen LogP contribution >= 0.6 is 0 Å². The molecule has 0 aliphatic carbocycles. The Balaban J connectivity index is 1.52. The average molecular weight is 426 g/mol. The topological polar surface area (TPSA) is 46.8 Å². The highest BCUT2D eigenvalue weighted by molar-refractivity contribution is 5.78. The van der Waals surface area contributed by atoms with Crippen LogP contribution in [0.3, 0.4) is 0 Å². The Bertz CT molecular complexity index is 1280. The summed E-state index contributed by atoms with van der Waals surface area (Å²) < 4.78 is 7.78. The smallest absolute Gasteiger partial charge is 0.223 e. The second kappa shape index (κ2) is 8.50. The number of nitrogens with zero attached hydrogens (tertiary/aromatic N) is 3. The van der Waals surface area contributed by atoms with Crippen molar-refractivity contribution in [2.75, 3.05) is 13.7 Å². The molecule has 5 nitrogen and oxygen atoms in total. The fourth-order valence-electron chi connectivity index (χ4n) is 4.77. The summed E-state index contributed by atoms with van der Waals surface area (Å²) in [6.07, 6.45) is 5.19. The van der Waals surface area contributed by atoms with Crippen LogP contribution in [0.15, 0.2) is 73.1 Å². The van der Waals surface area contributed by atoms with Crippen molar-refractivity contribution in [2.45, 2.75) is 32.2 Å². The number of aromatic nitrogens is 2. The van der Waals surface area contributed by atoms with Crippen molar-refractivity contribution in [1.82, 2.24) is 14.3 Å². The van der Waals surface area contributed by atoms with Crippen molar-refractivity contribution in [3.05, 3.63) is 101 Å². The van der Waals surface area contributed by atoms with Crippen molar-refractivity contribution in [3.8, 4) is 5.75 Å². The van der Waals surface area contributed by atoms with Gasteiger partial charge in [0.1, 0.15) is 11.4 Å². The molecule has 2 aromatic heterocycles. The van der Waals surface area contributed by atoms with Crippen LogP contribution in [-0.4, -0.2) is 33.8 Å². The lowest BCUT2D eigenvalue weighted by atomic mass is 9.90. The first-order valence-electron chi connectivity index (χ1n) is 11.1. The van der Waals surface area contributed by atoms with E-state index in [2.05, 4.69) is 46.6 Å². The Kier molecular flexibility index (Phi) is 5.39. The maximum Gasteiger partial charge on any atom is 0.223 e. The second-order valence-corrected chi connectivity index (χ2v) is 8.40. The van der Waals surface area contributed by atoms with E-state index in [1.54, 1.807) is 7.11 Å². The molecule has 0 spiro atoms. The van der Waals surface area contributed by atoms with E-state index >= 15 is 0 Å². The van der Waals surface area contributed by atoms with Crippen LogP contribution in [0.2, 0.25) is 0 Å². The Labute approximate surface area is 188 Å². The molecule has 0 saturated carbocycles. The summed E-state index contributed by atoms with van der Waals surface area (Å²) >= 11 is 0. The van der Waals surface area contributed by atoms with Crippen LogP contribution in [0.25, 0.3) is 5.65 Å². The number of methoxy groups -OCH3 is 1. The van der Waals surface area contributed by atoms with E-state index in [4.69, 9.17) is 4.74 Å². The number of fused-ring (bicyclic) bond motifs is 2. The molecular weight excluding hydrogens is 398 g/mol. The molecule has 1 aliphatic heterocycles. The van der Waals surface area contributed by atoms with Crippen molar-refractivity contribution >= 4 is 11.6 Å². The molecule has 2 aromatic carbocycles. The standard InChI is InChI=1S/C27H27N3O2/c1-19-8-7-14-30-24(17-28-27(19)30)23(22-11-5-6-12-25(22)32-2)16-26(31)29-15-13-20-9-3-4-10-21(20)18-29/h3-12,14,17,23H,13,15-16,18H2,1-2H3/t23-/m0/s1. The van der Waals surface area contributed by atoms with Crippen LogP contribution in [0.5, 0.6) is 5.75 Å². The summed E-state index contributed by atoms with van der Waals surface area (Å²) in [4.78, 5) is 20.2. The lowest BCUT2D eigenvalue weighted by molar-refractivity contribution is -0.132. The van der Waals surface area contributed by atoms with Crippen molar-refractivity contribution in [2.24, 2.45) is 0 Å². The Morgan fingerprint density at radius 3 is 2.69 bits per heavy atom. The average Bonchev–Trinajstić information content (AvgIpc) is 3.27. The Morgan fingerprint density at radius 2 is 1.84 bits per heavy atom. The SMILES string of the molecule is COc1ccccc1[C@H](CC(=O)N1CCc2ccccc2C1)c1cnc2c(C)cccn12. The largest absolute Gasteiger partial charge is 0.496 e.